The maximum atomic E-state index is 5.90. The molecule has 6 nitrogen and oxygen atoms in total. The third-order valence-electron chi connectivity index (χ3n) is 4.54. The Bertz CT molecular complexity index is 768. The first-order valence-electron chi connectivity index (χ1n) is 8.72. The highest BCUT2D eigenvalue weighted by molar-refractivity contribution is 5.15. The highest BCUT2D eigenvalue weighted by atomic mass is 16.5. The maximum Gasteiger partial charge on any atom is 0.123 e. The topological polar surface area (TPSA) is 48.1 Å². The first-order chi connectivity index (χ1) is 12.4. The van der Waals surface area contributed by atoms with Crippen LogP contribution in [0.25, 0.3) is 0 Å². The zero-order chi connectivity index (χ0) is 16.9. The Balaban J connectivity index is 1.38. The summed E-state index contributed by atoms with van der Waals surface area (Å²) in [6.07, 6.45) is 7.91. The van der Waals surface area contributed by atoms with Gasteiger partial charge in [-0.1, -0.05) is 30.3 Å². The number of benzene rings is 1. The molecule has 0 aliphatic carbocycles. The Labute approximate surface area is 147 Å². The minimum absolute atomic E-state index is 0.172. The van der Waals surface area contributed by atoms with E-state index in [0.717, 1.165) is 45.2 Å². The smallest absolute Gasteiger partial charge is 0.123 e. The maximum absolute atomic E-state index is 5.90. The lowest BCUT2D eigenvalue weighted by atomic mass is 10.2. The van der Waals surface area contributed by atoms with Gasteiger partial charge in [-0.15, -0.1) is 0 Å². The van der Waals surface area contributed by atoms with E-state index in [1.165, 1.54) is 5.56 Å². The van der Waals surface area contributed by atoms with Crippen molar-refractivity contribution in [2.45, 2.75) is 25.7 Å². The number of hydrogen-bond donors (Lipinski definition) is 0. The number of nitrogens with zero attached hydrogens (tertiary/aromatic N) is 5. The highest BCUT2D eigenvalue weighted by Gasteiger charge is 2.22. The number of morpholine rings is 1. The molecule has 0 N–H and O–H groups in total. The molecule has 0 unspecified atom stereocenters. The van der Waals surface area contributed by atoms with Crippen molar-refractivity contribution in [1.29, 1.82) is 0 Å². The molecule has 1 aliphatic heterocycles. The van der Waals surface area contributed by atoms with Crippen LogP contribution in [0.1, 0.15) is 11.4 Å². The van der Waals surface area contributed by atoms with E-state index in [-0.39, 0.29) is 6.10 Å². The molecule has 0 saturated carbocycles. The van der Waals surface area contributed by atoms with Gasteiger partial charge >= 0.3 is 0 Å². The van der Waals surface area contributed by atoms with Crippen LogP contribution in [-0.4, -0.2) is 50.0 Å². The van der Waals surface area contributed by atoms with E-state index >= 15 is 0 Å². The zero-order valence-electron chi connectivity index (χ0n) is 14.2. The third kappa shape index (κ3) is 4.15. The normalized spacial score (nSPS) is 18.5. The summed E-state index contributed by atoms with van der Waals surface area (Å²) in [5.74, 6) is 1.10. The summed E-state index contributed by atoms with van der Waals surface area (Å²) in [7, 11) is 0. The van der Waals surface area contributed by atoms with Gasteiger partial charge in [0, 0.05) is 44.4 Å². The van der Waals surface area contributed by atoms with E-state index in [1.807, 2.05) is 29.2 Å². The van der Waals surface area contributed by atoms with E-state index in [2.05, 4.69) is 50.0 Å². The Morgan fingerprint density at radius 3 is 2.80 bits per heavy atom. The highest BCUT2D eigenvalue weighted by Crippen LogP contribution is 2.12. The molecule has 0 bridgehead atoms. The lowest BCUT2D eigenvalue weighted by Crippen LogP contribution is -2.44. The van der Waals surface area contributed by atoms with Gasteiger partial charge in [0.15, 0.2) is 0 Å². The van der Waals surface area contributed by atoms with E-state index < -0.39 is 0 Å². The van der Waals surface area contributed by atoms with Gasteiger partial charge < -0.3 is 9.30 Å². The molecule has 1 fully saturated rings. The van der Waals surface area contributed by atoms with Gasteiger partial charge in [-0.2, -0.15) is 5.10 Å². The molecule has 1 atom stereocenters. The Hall–Kier alpha value is -2.44. The average Bonchev–Trinajstić information content (AvgIpc) is 3.29. The van der Waals surface area contributed by atoms with Crippen molar-refractivity contribution in [2.24, 2.45) is 0 Å². The van der Waals surface area contributed by atoms with Crippen LogP contribution in [0.5, 0.6) is 0 Å². The zero-order valence-corrected chi connectivity index (χ0v) is 14.2. The van der Waals surface area contributed by atoms with Gasteiger partial charge in [-0.05, 0) is 11.6 Å². The van der Waals surface area contributed by atoms with Gasteiger partial charge in [0.25, 0.3) is 0 Å². The molecule has 1 aliphatic rings. The van der Waals surface area contributed by atoms with Crippen LogP contribution in [0, 0.1) is 0 Å². The molecule has 0 radical (unpaired) electrons. The van der Waals surface area contributed by atoms with Crippen LogP contribution in [0.2, 0.25) is 0 Å². The Morgan fingerprint density at radius 1 is 1.04 bits per heavy atom. The van der Waals surface area contributed by atoms with Crippen LogP contribution in [0.3, 0.4) is 0 Å². The molecule has 1 saturated heterocycles. The second-order valence-corrected chi connectivity index (χ2v) is 6.41. The van der Waals surface area contributed by atoms with Crippen molar-refractivity contribution in [3.8, 4) is 0 Å². The monoisotopic (exact) mass is 337 g/mol. The van der Waals surface area contributed by atoms with E-state index in [1.54, 1.807) is 6.20 Å². The summed E-state index contributed by atoms with van der Waals surface area (Å²) in [6.45, 7) is 5.09. The predicted octanol–water partition coefficient (Wildman–Crippen LogP) is 2.03. The number of hydrogen-bond acceptors (Lipinski definition) is 4. The summed E-state index contributed by atoms with van der Waals surface area (Å²) in [5, 5.41) is 4.27. The molecule has 0 amide bonds. The van der Waals surface area contributed by atoms with Crippen LogP contribution < -0.4 is 0 Å². The number of imidazole rings is 1. The predicted molar refractivity (Wildman–Crippen MR) is 95.0 cm³/mol. The number of aromatic nitrogens is 4. The lowest BCUT2D eigenvalue weighted by Gasteiger charge is -2.32. The molecule has 1 aromatic carbocycles. The Kier molecular flexibility index (Phi) is 4.90. The molecule has 4 rings (SSSR count). The van der Waals surface area contributed by atoms with E-state index in [4.69, 9.17) is 4.74 Å². The summed E-state index contributed by atoms with van der Waals surface area (Å²) < 4.78 is 10.1. The largest absolute Gasteiger partial charge is 0.374 e. The Morgan fingerprint density at radius 2 is 1.96 bits per heavy atom. The lowest BCUT2D eigenvalue weighted by molar-refractivity contribution is -0.0411. The van der Waals surface area contributed by atoms with Crippen LogP contribution >= 0.6 is 0 Å². The van der Waals surface area contributed by atoms with Crippen molar-refractivity contribution >= 4 is 0 Å². The molecule has 25 heavy (non-hydrogen) atoms. The van der Waals surface area contributed by atoms with Crippen LogP contribution in [0.15, 0.2) is 61.2 Å². The summed E-state index contributed by atoms with van der Waals surface area (Å²) >= 11 is 0. The van der Waals surface area contributed by atoms with Gasteiger partial charge in [0.1, 0.15) is 5.82 Å². The van der Waals surface area contributed by atoms with Gasteiger partial charge in [0.05, 0.1) is 25.8 Å². The molecular weight excluding hydrogens is 314 g/mol. The molecule has 130 valence electrons. The molecule has 3 aromatic rings. The second-order valence-electron chi connectivity index (χ2n) is 6.41. The van der Waals surface area contributed by atoms with Gasteiger partial charge in [-0.3, -0.25) is 9.58 Å². The second kappa shape index (κ2) is 7.63. The molecule has 0 spiro atoms. The third-order valence-corrected chi connectivity index (χ3v) is 4.54. The standard InChI is InChI=1S/C19H23N5O/c1-2-5-17(6-3-1)13-23-10-8-20-19(23)16-22-11-12-25-18(14-22)15-24-9-4-7-21-24/h1-10,18H,11-16H2/t18-/m1/s1. The first-order valence-corrected chi connectivity index (χ1v) is 8.72. The summed E-state index contributed by atoms with van der Waals surface area (Å²) in [6, 6.07) is 12.5. The van der Waals surface area contributed by atoms with Crippen molar-refractivity contribution in [3.63, 3.8) is 0 Å². The van der Waals surface area contributed by atoms with Crippen LogP contribution in [-0.2, 0) is 24.4 Å². The average molecular weight is 337 g/mol. The van der Waals surface area contributed by atoms with Crippen molar-refractivity contribution in [1.82, 2.24) is 24.2 Å². The number of ether oxygens (including phenoxy) is 1. The van der Waals surface area contributed by atoms with E-state index in [9.17, 15) is 0 Å². The first kappa shape index (κ1) is 16.1. The molecular formula is C19H23N5O. The van der Waals surface area contributed by atoms with Crippen molar-refractivity contribution < 1.29 is 4.74 Å². The minimum atomic E-state index is 0.172. The molecule has 3 heterocycles. The fourth-order valence-corrected chi connectivity index (χ4v) is 3.27. The summed E-state index contributed by atoms with van der Waals surface area (Å²) in [4.78, 5) is 6.99. The minimum Gasteiger partial charge on any atom is -0.374 e. The SMILES string of the molecule is c1ccc(Cn2ccnc2CN2CCO[C@@H](Cn3cccn3)C2)cc1. The van der Waals surface area contributed by atoms with Crippen LogP contribution in [0.4, 0.5) is 0 Å². The molecule has 6 heteroatoms. The molecule has 2 aromatic heterocycles. The van der Waals surface area contributed by atoms with Crippen molar-refractivity contribution in [3.05, 3.63) is 72.6 Å². The van der Waals surface area contributed by atoms with Gasteiger partial charge in [0.2, 0.25) is 0 Å². The van der Waals surface area contributed by atoms with E-state index in [0.29, 0.717) is 0 Å². The van der Waals surface area contributed by atoms with Crippen molar-refractivity contribution in [2.75, 3.05) is 19.7 Å². The fraction of sp³-hybridized carbons (Fsp3) is 0.368. The number of rotatable bonds is 6. The van der Waals surface area contributed by atoms with Gasteiger partial charge in [-0.25, -0.2) is 4.98 Å². The summed E-state index contributed by atoms with van der Waals surface area (Å²) in [5.41, 5.74) is 1.29. The quantitative estimate of drug-likeness (QED) is 0.691. The fourth-order valence-electron chi connectivity index (χ4n) is 3.27.